The smallest absolute Gasteiger partial charge is 0.191 e. The molecule has 4 nitrogen and oxygen atoms in total. The van der Waals surface area contributed by atoms with Crippen LogP contribution in [0.5, 0.6) is 0 Å². The van der Waals surface area contributed by atoms with Crippen LogP contribution in [0.4, 0.5) is 0 Å². The van der Waals surface area contributed by atoms with E-state index in [0.29, 0.717) is 0 Å². The molecule has 7 heteroatoms. The molecule has 0 saturated heterocycles. The average molecular weight is 411 g/mol. The minimum Gasteiger partial charge on any atom is -0.319 e. The monoisotopic (exact) mass is 410 g/mol. The maximum Gasteiger partial charge on any atom is 0.191 e. The Morgan fingerprint density at radius 3 is 2.04 bits per heavy atom. The predicted octanol–water partition coefficient (Wildman–Crippen LogP) is 4.72. The molecule has 0 atom stereocenters. The molecule has 2 aromatic rings. The summed E-state index contributed by atoms with van der Waals surface area (Å²) in [7, 11) is 0. The van der Waals surface area contributed by atoms with E-state index in [1.54, 1.807) is 11.3 Å². The molecule has 1 aromatic carbocycles. The van der Waals surface area contributed by atoms with Crippen molar-refractivity contribution in [3.05, 3.63) is 51.8 Å². The number of thiazole rings is 1. The minimum absolute atomic E-state index is 0.828. The van der Waals surface area contributed by atoms with Gasteiger partial charge in [-0.3, -0.25) is 0 Å². The molecule has 0 aliphatic heterocycles. The van der Waals surface area contributed by atoms with E-state index in [4.69, 9.17) is 16.6 Å². The summed E-state index contributed by atoms with van der Waals surface area (Å²) in [5.74, 6) is 0. The number of rotatable bonds is 9. The number of aromatic nitrogens is 1. The van der Waals surface area contributed by atoms with E-state index in [9.17, 15) is 0 Å². The van der Waals surface area contributed by atoms with Gasteiger partial charge in [0, 0.05) is 44.3 Å². The Kier molecular flexibility index (Phi) is 8.24. The first-order valence-electron chi connectivity index (χ1n) is 9.35. The zero-order valence-corrected chi connectivity index (χ0v) is 19.1. The van der Waals surface area contributed by atoms with E-state index in [2.05, 4.69) is 84.4 Å². The summed E-state index contributed by atoms with van der Waals surface area (Å²) in [6.45, 7) is 13.2. The van der Waals surface area contributed by atoms with Gasteiger partial charge in [0.2, 0.25) is 0 Å². The van der Waals surface area contributed by atoms with Crippen molar-refractivity contribution in [2.75, 3.05) is 26.2 Å². The number of hydrogen-bond donors (Lipinski definition) is 0. The van der Waals surface area contributed by atoms with Gasteiger partial charge in [-0.05, 0) is 24.3 Å². The van der Waals surface area contributed by atoms with Crippen molar-refractivity contribution < 1.29 is 0 Å². The topological polar surface area (TPSA) is 23.8 Å². The molecule has 0 unspecified atom stereocenters. The van der Waals surface area contributed by atoms with Crippen molar-refractivity contribution in [1.82, 2.24) is 13.9 Å². The first-order valence-corrected chi connectivity index (χ1v) is 12.9. The second-order valence-corrected chi connectivity index (χ2v) is 10.9. The Labute approximate surface area is 167 Å². The zero-order chi connectivity index (χ0) is 19.2. The van der Waals surface area contributed by atoms with Crippen LogP contribution in [0.2, 0.25) is 0 Å². The fourth-order valence-corrected chi connectivity index (χ4v) is 8.30. The van der Waals surface area contributed by atoms with Crippen LogP contribution in [0.15, 0.2) is 40.6 Å². The zero-order valence-electron chi connectivity index (χ0n) is 16.6. The van der Waals surface area contributed by atoms with Crippen molar-refractivity contribution in [1.29, 1.82) is 0 Å². The number of hydrogen-bond acceptors (Lipinski definition) is 2. The molecule has 0 N–H and O–H groups in total. The Morgan fingerprint density at radius 2 is 1.54 bits per heavy atom. The average Bonchev–Trinajstić information content (AvgIpc) is 3.05. The molecular weight excluding hydrogens is 379 g/mol. The largest absolute Gasteiger partial charge is 0.319 e. The van der Waals surface area contributed by atoms with E-state index in [0.717, 1.165) is 37.5 Å². The number of nitrogens with zero attached hydrogens (tertiary/aromatic N) is 4. The highest BCUT2D eigenvalue weighted by molar-refractivity contribution is 8.11. The van der Waals surface area contributed by atoms with Gasteiger partial charge in [-0.15, -0.1) is 11.3 Å². The normalized spacial score (nSPS) is 13.1. The van der Waals surface area contributed by atoms with Crippen molar-refractivity contribution >= 4 is 29.6 Å². The van der Waals surface area contributed by atoms with Crippen LogP contribution in [0, 0.1) is 6.92 Å². The van der Waals surface area contributed by atoms with Crippen LogP contribution in [0.3, 0.4) is 0 Å². The van der Waals surface area contributed by atoms with Crippen molar-refractivity contribution in [3.63, 3.8) is 0 Å². The third-order valence-corrected chi connectivity index (χ3v) is 10.2. The van der Waals surface area contributed by atoms with Crippen LogP contribution in [0.1, 0.15) is 38.8 Å². The SMILES string of the molecule is CCN(CC)P(=S)(/N=c1\sccn1Cc1ccc(C)cc1)N(CC)CC. The lowest BCUT2D eigenvalue weighted by atomic mass is 10.1. The quantitative estimate of drug-likeness (QED) is 0.559. The van der Waals surface area contributed by atoms with Crippen LogP contribution >= 0.6 is 17.8 Å². The fourth-order valence-electron chi connectivity index (χ4n) is 2.99. The maximum absolute atomic E-state index is 6.22. The molecule has 0 aliphatic rings. The number of aryl methyl sites for hydroxylation is 1. The van der Waals surface area contributed by atoms with Crippen LogP contribution in [-0.4, -0.2) is 40.1 Å². The summed E-state index contributed by atoms with van der Waals surface area (Å²) in [4.78, 5) is 1.02. The van der Waals surface area contributed by atoms with Crippen LogP contribution in [0.25, 0.3) is 0 Å². The van der Waals surface area contributed by atoms with Crippen molar-refractivity contribution in [3.8, 4) is 0 Å². The Hall–Kier alpha value is -0.780. The number of benzene rings is 1. The summed E-state index contributed by atoms with van der Waals surface area (Å²) in [6, 6.07) is 8.70. The summed E-state index contributed by atoms with van der Waals surface area (Å²) in [5.41, 5.74) is 2.57. The van der Waals surface area contributed by atoms with Crippen molar-refractivity contribution in [2.24, 2.45) is 4.76 Å². The molecule has 0 aliphatic carbocycles. The van der Waals surface area contributed by atoms with Gasteiger partial charge in [0.15, 0.2) is 11.3 Å². The van der Waals surface area contributed by atoms with Crippen molar-refractivity contribution in [2.45, 2.75) is 41.2 Å². The highest BCUT2D eigenvalue weighted by atomic mass is 32.4. The molecule has 0 amide bonds. The van der Waals surface area contributed by atoms with Gasteiger partial charge < -0.3 is 4.57 Å². The molecule has 1 heterocycles. The summed E-state index contributed by atoms with van der Waals surface area (Å²) < 4.78 is 12.2. The van der Waals surface area contributed by atoms with Crippen LogP contribution < -0.4 is 4.80 Å². The third-order valence-electron chi connectivity index (χ3n) is 4.55. The van der Waals surface area contributed by atoms with E-state index in [1.807, 2.05) is 0 Å². The molecule has 0 saturated carbocycles. The van der Waals surface area contributed by atoms with E-state index in [-0.39, 0.29) is 0 Å². The highest BCUT2D eigenvalue weighted by Crippen LogP contribution is 2.54. The second kappa shape index (κ2) is 9.95. The standard InChI is InChI=1S/C19H31N4PS2/c1-6-22(7-2)24(25,23(8-3)9-4)20-19-21(14-15-26-19)16-18-12-10-17(5)11-13-18/h10-15H,6-9,16H2,1-5H3/b20-19-. The van der Waals surface area contributed by atoms with Gasteiger partial charge in [0.25, 0.3) is 0 Å². The third kappa shape index (κ3) is 4.93. The maximum atomic E-state index is 6.22. The Balaban J connectivity index is 2.46. The van der Waals surface area contributed by atoms with Crippen LogP contribution in [-0.2, 0) is 18.4 Å². The summed E-state index contributed by atoms with van der Waals surface area (Å²) >= 11 is 7.90. The lowest BCUT2D eigenvalue weighted by Crippen LogP contribution is -2.32. The van der Waals surface area contributed by atoms with E-state index < -0.39 is 6.49 Å². The lowest BCUT2D eigenvalue weighted by molar-refractivity contribution is 0.420. The summed E-state index contributed by atoms with van der Waals surface area (Å²) in [5, 5.41) is 2.11. The van der Waals surface area contributed by atoms with E-state index >= 15 is 0 Å². The van der Waals surface area contributed by atoms with Gasteiger partial charge in [0.1, 0.15) is 0 Å². The highest BCUT2D eigenvalue weighted by Gasteiger charge is 2.29. The fraction of sp³-hybridized carbons (Fsp3) is 0.526. The van der Waals surface area contributed by atoms with E-state index in [1.165, 1.54) is 11.1 Å². The van der Waals surface area contributed by atoms with Gasteiger partial charge in [0.05, 0.1) is 0 Å². The van der Waals surface area contributed by atoms with Gasteiger partial charge in [-0.25, -0.2) is 9.34 Å². The first-order chi connectivity index (χ1) is 12.5. The Morgan fingerprint density at radius 1 is 1.00 bits per heavy atom. The van der Waals surface area contributed by atoms with Gasteiger partial charge >= 0.3 is 0 Å². The minimum atomic E-state index is -2.15. The molecule has 0 radical (unpaired) electrons. The Bertz CT molecular complexity index is 770. The molecule has 2 rings (SSSR count). The van der Waals surface area contributed by atoms with Gasteiger partial charge in [-0.2, -0.15) is 4.76 Å². The molecule has 1 aromatic heterocycles. The predicted molar refractivity (Wildman–Crippen MR) is 118 cm³/mol. The first kappa shape index (κ1) is 21.5. The molecule has 0 bridgehead atoms. The summed E-state index contributed by atoms with van der Waals surface area (Å²) in [6.07, 6.45) is 2.12. The van der Waals surface area contributed by atoms with Gasteiger partial charge in [-0.1, -0.05) is 57.5 Å². The molecule has 0 spiro atoms. The molecule has 144 valence electrons. The molecule has 26 heavy (non-hydrogen) atoms. The lowest BCUT2D eigenvalue weighted by Gasteiger charge is -2.37. The molecular formula is C19H31N4PS2. The molecule has 0 fully saturated rings. The second-order valence-electron chi connectivity index (χ2n) is 6.19.